The van der Waals surface area contributed by atoms with Gasteiger partial charge in [0, 0.05) is 50.7 Å². The van der Waals surface area contributed by atoms with E-state index in [1.165, 1.54) is 24.4 Å². The number of aryl methyl sites for hydroxylation is 1. The summed E-state index contributed by atoms with van der Waals surface area (Å²) < 4.78 is 2.22. The van der Waals surface area contributed by atoms with Crippen molar-refractivity contribution in [3.8, 4) is 0 Å². The minimum absolute atomic E-state index is 0.0685. The number of carbonyl (C=O) groups excluding carboxylic acids is 1. The molecule has 1 saturated heterocycles. The first-order valence-electron chi connectivity index (χ1n) is 7.83. The van der Waals surface area contributed by atoms with E-state index in [-0.39, 0.29) is 6.03 Å². The number of imidazole rings is 1. The Bertz CT molecular complexity index is 484. The second kappa shape index (κ2) is 6.73. The van der Waals surface area contributed by atoms with Gasteiger partial charge in [0.1, 0.15) is 5.82 Å². The summed E-state index contributed by atoms with van der Waals surface area (Å²) in [7, 11) is 1.90. The molecule has 0 spiro atoms. The van der Waals surface area contributed by atoms with Crippen molar-refractivity contribution in [3.05, 3.63) is 18.2 Å². The maximum atomic E-state index is 12.2. The molecule has 1 aromatic rings. The van der Waals surface area contributed by atoms with Gasteiger partial charge in [0.2, 0.25) is 0 Å². The Balaban J connectivity index is 1.43. The van der Waals surface area contributed by atoms with Gasteiger partial charge in [-0.3, -0.25) is 0 Å². The van der Waals surface area contributed by atoms with E-state index in [2.05, 4.69) is 14.9 Å². The van der Waals surface area contributed by atoms with Crippen LogP contribution in [0.1, 0.15) is 25.1 Å². The normalized spacial score (nSPS) is 24.6. The summed E-state index contributed by atoms with van der Waals surface area (Å²) in [4.78, 5) is 18.3. The number of hydrogen-bond donors (Lipinski definition) is 1. The number of hydrogen-bond acceptors (Lipinski definition) is 3. The van der Waals surface area contributed by atoms with Crippen molar-refractivity contribution in [1.82, 2.24) is 19.8 Å². The molecule has 0 radical (unpaired) electrons. The number of aromatic nitrogens is 2. The molecule has 3 rings (SSSR count). The molecule has 21 heavy (non-hydrogen) atoms. The van der Waals surface area contributed by atoms with Crippen LogP contribution in [0.3, 0.4) is 0 Å². The first-order valence-corrected chi connectivity index (χ1v) is 8.88. The molecule has 0 saturated carbocycles. The van der Waals surface area contributed by atoms with Crippen molar-refractivity contribution in [1.29, 1.82) is 0 Å². The van der Waals surface area contributed by atoms with E-state index in [9.17, 15) is 4.79 Å². The summed E-state index contributed by atoms with van der Waals surface area (Å²) in [6.07, 6.45) is 8.57. The fourth-order valence-electron chi connectivity index (χ4n) is 3.20. The molecule has 1 aromatic heterocycles. The van der Waals surface area contributed by atoms with Gasteiger partial charge in [0.15, 0.2) is 0 Å². The number of rotatable bonds is 4. The van der Waals surface area contributed by atoms with Crippen molar-refractivity contribution in [2.75, 3.05) is 25.9 Å². The standard InChI is InChI=1S/C15H24N4OS/c1-18(15(20)17-9-13-3-2-8-21-13)10-12-4-5-14-16-6-7-19(14)11-12/h6-7,12-13H,2-5,8-11H2,1H3,(H,17,20)/t12-,13+/m1/s1. The van der Waals surface area contributed by atoms with E-state index in [0.717, 1.165) is 32.5 Å². The van der Waals surface area contributed by atoms with Crippen LogP contribution in [-0.4, -0.2) is 51.6 Å². The van der Waals surface area contributed by atoms with Gasteiger partial charge in [-0.2, -0.15) is 11.8 Å². The van der Waals surface area contributed by atoms with Crippen LogP contribution >= 0.6 is 11.8 Å². The van der Waals surface area contributed by atoms with Crippen LogP contribution in [0.25, 0.3) is 0 Å². The molecular weight excluding hydrogens is 284 g/mol. The number of carbonyl (C=O) groups is 1. The predicted octanol–water partition coefficient (Wildman–Crippen LogP) is 1.98. The maximum absolute atomic E-state index is 12.2. The van der Waals surface area contributed by atoms with E-state index in [4.69, 9.17) is 0 Å². The van der Waals surface area contributed by atoms with E-state index in [1.54, 1.807) is 0 Å². The molecule has 5 nitrogen and oxygen atoms in total. The Kier molecular flexibility index (Phi) is 4.73. The van der Waals surface area contributed by atoms with E-state index in [0.29, 0.717) is 11.2 Å². The van der Waals surface area contributed by atoms with Gasteiger partial charge in [-0.05, 0) is 30.9 Å². The molecule has 0 bridgehead atoms. The van der Waals surface area contributed by atoms with E-state index >= 15 is 0 Å². The Hall–Kier alpha value is -1.17. The molecular formula is C15H24N4OS. The Morgan fingerprint density at radius 3 is 3.29 bits per heavy atom. The van der Waals surface area contributed by atoms with Crippen LogP contribution in [0.4, 0.5) is 4.79 Å². The SMILES string of the molecule is CN(C[C@H]1CCc2nccn2C1)C(=O)NC[C@@H]1CCCS1. The number of urea groups is 1. The van der Waals surface area contributed by atoms with Gasteiger partial charge in [-0.15, -0.1) is 0 Å². The van der Waals surface area contributed by atoms with Crippen molar-refractivity contribution in [2.24, 2.45) is 5.92 Å². The fraction of sp³-hybridized carbons (Fsp3) is 0.733. The van der Waals surface area contributed by atoms with Crippen LogP contribution in [0.5, 0.6) is 0 Å². The van der Waals surface area contributed by atoms with Gasteiger partial charge in [0.05, 0.1) is 0 Å². The summed E-state index contributed by atoms with van der Waals surface area (Å²) in [6, 6.07) is 0.0685. The summed E-state index contributed by atoms with van der Waals surface area (Å²) in [5.41, 5.74) is 0. The van der Waals surface area contributed by atoms with Crippen LogP contribution in [0.15, 0.2) is 12.4 Å². The van der Waals surface area contributed by atoms with Crippen LogP contribution in [-0.2, 0) is 13.0 Å². The zero-order valence-electron chi connectivity index (χ0n) is 12.6. The van der Waals surface area contributed by atoms with Gasteiger partial charge >= 0.3 is 6.03 Å². The minimum Gasteiger partial charge on any atom is -0.337 e. The smallest absolute Gasteiger partial charge is 0.317 e. The zero-order chi connectivity index (χ0) is 14.7. The molecule has 1 fully saturated rings. The monoisotopic (exact) mass is 308 g/mol. The van der Waals surface area contributed by atoms with Crippen molar-refractivity contribution >= 4 is 17.8 Å². The highest BCUT2D eigenvalue weighted by Gasteiger charge is 2.22. The third-order valence-corrected chi connectivity index (χ3v) is 5.81. The molecule has 0 aliphatic carbocycles. The van der Waals surface area contributed by atoms with Gasteiger partial charge in [-0.25, -0.2) is 9.78 Å². The summed E-state index contributed by atoms with van der Waals surface area (Å²) in [6.45, 7) is 2.61. The second-order valence-corrected chi connectivity index (χ2v) is 7.51. The zero-order valence-corrected chi connectivity index (χ0v) is 13.4. The topological polar surface area (TPSA) is 50.2 Å². The molecule has 116 valence electrons. The third kappa shape index (κ3) is 3.73. The average molecular weight is 308 g/mol. The number of fused-ring (bicyclic) bond motifs is 1. The lowest BCUT2D eigenvalue weighted by Gasteiger charge is -2.28. The molecule has 0 aromatic carbocycles. The molecule has 2 atom stereocenters. The number of nitrogens with zero attached hydrogens (tertiary/aromatic N) is 3. The number of thioether (sulfide) groups is 1. The lowest BCUT2D eigenvalue weighted by atomic mass is 9.99. The van der Waals surface area contributed by atoms with E-state index in [1.807, 2.05) is 36.1 Å². The van der Waals surface area contributed by atoms with Crippen molar-refractivity contribution in [3.63, 3.8) is 0 Å². The molecule has 2 amide bonds. The summed E-state index contributed by atoms with van der Waals surface area (Å²) in [5.74, 6) is 2.95. The maximum Gasteiger partial charge on any atom is 0.317 e. The van der Waals surface area contributed by atoms with E-state index < -0.39 is 0 Å². The summed E-state index contributed by atoms with van der Waals surface area (Å²) in [5, 5.41) is 3.69. The number of nitrogens with one attached hydrogen (secondary N) is 1. The lowest BCUT2D eigenvalue weighted by molar-refractivity contribution is 0.192. The van der Waals surface area contributed by atoms with Crippen molar-refractivity contribution in [2.45, 2.75) is 37.5 Å². The molecule has 1 N–H and O–H groups in total. The first kappa shape index (κ1) is 14.8. The van der Waals surface area contributed by atoms with Crippen LogP contribution in [0, 0.1) is 5.92 Å². The first-order chi connectivity index (χ1) is 10.2. The Labute approximate surface area is 130 Å². The third-order valence-electron chi connectivity index (χ3n) is 4.42. The Morgan fingerprint density at radius 1 is 1.57 bits per heavy atom. The predicted molar refractivity (Wildman–Crippen MR) is 85.5 cm³/mol. The molecule has 2 aliphatic rings. The second-order valence-electron chi connectivity index (χ2n) is 6.10. The van der Waals surface area contributed by atoms with Gasteiger partial charge in [0.25, 0.3) is 0 Å². The largest absolute Gasteiger partial charge is 0.337 e. The molecule has 2 aliphatic heterocycles. The average Bonchev–Trinajstić information content (AvgIpc) is 3.15. The molecule has 0 unspecified atom stereocenters. The summed E-state index contributed by atoms with van der Waals surface area (Å²) >= 11 is 1.98. The molecule has 3 heterocycles. The minimum atomic E-state index is 0.0685. The van der Waals surface area contributed by atoms with Gasteiger partial charge in [-0.1, -0.05) is 0 Å². The number of amides is 2. The fourth-order valence-corrected chi connectivity index (χ4v) is 4.40. The van der Waals surface area contributed by atoms with Crippen LogP contribution in [0.2, 0.25) is 0 Å². The Morgan fingerprint density at radius 2 is 2.48 bits per heavy atom. The quantitative estimate of drug-likeness (QED) is 0.925. The highest BCUT2D eigenvalue weighted by molar-refractivity contribution is 8.00. The van der Waals surface area contributed by atoms with Gasteiger partial charge < -0.3 is 14.8 Å². The van der Waals surface area contributed by atoms with Crippen LogP contribution < -0.4 is 5.32 Å². The highest BCUT2D eigenvalue weighted by atomic mass is 32.2. The van der Waals surface area contributed by atoms with Crippen molar-refractivity contribution < 1.29 is 4.79 Å². The molecule has 6 heteroatoms. The lowest BCUT2D eigenvalue weighted by Crippen LogP contribution is -2.43. The highest BCUT2D eigenvalue weighted by Crippen LogP contribution is 2.25.